The fraction of sp³-hybridized carbons (Fsp3) is 0.417. The van der Waals surface area contributed by atoms with E-state index in [4.69, 9.17) is 10.3 Å². The van der Waals surface area contributed by atoms with Gasteiger partial charge in [-0.1, -0.05) is 5.16 Å². The molecule has 2 aromatic rings. The molecular formula is C12H15ClN4O2. The maximum Gasteiger partial charge on any atom is 0.258 e. The molecule has 3 rings (SSSR count). The predicted octanol–water partition coefficient (Wildman–Crippen LogP) is 1.20. The Kier molecular flexibility index (Phi) is 3.47. The molecule has 1 fully saturated rings. The van der Waals surface area contributed by atoms with Crippen LogP contribution in [0.4, 0.5) is 0 Å². The number of nitrogens with zero attached hydrogens (tertiary/aromatic N) is 3. The Bertz CT molecular complexity index is 645. The molecule has 102 valence electrons. The van der Waals surface area contributed by atoms with Crippen LogP contribution < -0.4 is 11.3 Å². The minimum absolute atomic E-state index is 0. The molecule has 0 aliphatic heterocycles. The Labute approximate surface area is 116 Å². The van der Waals surface area contributed by atoms with Crippen molar-refractivity contribution in [1.82, 2.24) is 14.7 Å². The van der Waals surface area contributed by atoms with Crippen LogP contribution >= 0.6 is 12.4 Å². The number of aryl methyl sites for hydroxylation is 1. The zero-order chi connectivity index (χ0) is 12.8. The van der Waals surface area contributed by atoms with Gasteiger partial charge in [0.25, 0.3) is 11.4 Å². The summed E-state index contributed by atoms with van der Waals surface area (Å²) in [6.07, 6.45) is 4.51. The van der Waals surface area contributed by atoms with Crippen LogP contribution in [0.1, 0.15) is 25.1 Å². The molecule has 0 amide bonds. The standard InChI is InChI=1S/C12H14N4O2.ClH/c1-16-6-3-8(7-9(16)17)10-14-11(15-18-10)12(13)4-2-5-12;/h3,6-7H,2,4-5,13H2,1H3;1H. The average molecular weight is 283 g/mol. The molecule has 19 heavy (non-hydrogen) atoms. The molecule has 2 heterocycles. The van der Waals surface area contributed by atoms with E-state index in [2.05, 4.69) is 10.1 Å². The fourth-order valence-electron chi connectivity index (χ4n) is 2.01. The van der Waals surface area contributed by atoms with Gasteiger partial charge in [-0.25, -0.2) is 0 Å². The predicted molar refractivity (Wildman–Crippen MR) is 71.9 cm³/mol. The van der Waals surface area contributed by atoms with Crippen molar-refractivity contribution in [2.75, 3.05) is 0 Å². The van der Waals surface area contributed by atoms with Crippen LogP contribution in [0.25, 0.3) is 11.5 Å². The Morgan fingerprint density at radius 1 is 1.47 bits per heavy atom. The number of halogens is 1. The SMILES string of the molecule is Cl.Cn1ccc(-c2nc(C3(N)CCC3)no2)cc1=O. The highest BCUT2D eigenvalue weighted by molar-refractivity contribution is 5.85. The second kappa shape index (κ2) is 4.79. The van der Waals surface area contributed by atoms with Crippen LogP contribution in [-0.2, 0) is 12.6 Å². The Hall–Kier alpha value is -1.66. The molecule has 2 N–H and O–H groups in total. The van der Waals surface area contributed by atoms with Crippen molar-refractivity contribution in [1.29, 1.82) is 0 Å². The summed E-state index contributed by atoms with van der Waals surface area (Å²) in [4.78, 5) is 15.8. The van der Waals surface area contributed by atoms with Crippen LogP contribution in [0.2, 0.25) is 0 Å². The molecule has 0 unspecified atom stereocenters. The molecule has 0 spiro atoms. The lowest BCUT2D eigenvalue weighted by Gasteiger charge is -2.34. The minimum Gasteiger partial charge on any atom is -0.334 e. The van der Waals surface area contributed by atoms with Gasteiger partial charge in [0, 0.05) is 24.9 Å². The van der Waals surface area contributed by atoms with Crippen molar-refractivity contribution < 1.29 is 4.52 Å². The van der Waals surface area contributed by atoms with Crippen molar-refractivity contribution in [2.24, 2.45) is 12.8 Å². The van der Waals surface area contributed by atoms with E-state index in [-0.39, 0.29) is 18.0 Å². The first-order valence-electron chi connectivity index (χ1n) is 5.89. The Morgan fingerprint density at radius 3 is 2.79 bits per heavy atom. The van der Waals surface area contributed by atoms with Crippen molar-refractivity contribution in [3.8, 4) is 11.5 Å². The van der Waals surface area contributed by atoms with E-state index in [1.807, 2.05) is 0 Å². The van der Waals surface area contributed by atoms with Gasteiger partial charge in [-0.2, -0.15) is 4.98 Å². The second-order valence-corrected chi connectivity index (χ2v) is 4.80. The van der Waals surface area contributed by atoms with Gasteiger partial charge in [-0.05, 0) is 25.3 Å². The van der Waals surface area contributed by atoms with Crippen molar-refractivity contribution in [3.63, 3.8) is 0 Å². The van der Waals surface area contributed by atoms with Crippen LogP contribution in [0, 0.1) is 0 Å². The van der Waals surface area contributed by atoms with E-state index < -0.39 is 5.54 Å². The number of nitrogens with two attached hydrogens (primary N) is 1. The highest BCUT2D eigenvalue weighted by Crippen LogP contribution is 2.37. The summed E-state index contributed by atoms with van der Waals surface area (Å²) < 4.78 is 6.66. The number of rotatable bonds is 2. The molecule has 1 aliphatic carbocycles. The van der Waals surface area contributed by atoms with Gasteiger partial charge in [-0.3, -0.25) is 4.79 Å². The summed E-state index contributed by atoms with van der Waals surface area (Å²) in [5.74, 6) is 0.879. The third kappa shape index (κ3) is 2.29. The normalized spacial score (nSPS) is 16.5. The van der Waals surface area contributed by atoms with Gasteiger partial charge in [0.2, 0.25) is 0 Å². The Balaban J connectivity index is 0.00000133. The molecule has 0 saturated heterocycles. The monoisotopic (exact) mass is 282 g/mol. The van der Waals surface area contributed by atoms with Crippen LogP contribution in [0.15, 0.2) is 27.6 Å². The molecule has 7 heteroatoms. The summed E-state index contributed by atoms with van der Waals surface area (Å²) in [5.41, 5.74) is 6.19. The van der Waals surface area contributed by atoms with Gasteiger partial charge in [-0.15, -0.1) is 12.4 Å². The van der Waals surface area contributed by atoms with E-state index in [9.17, 15) is 4.79 Å². The van der Waals surface area contributed by atoms with E-state index in [0.29, 0.717) is 17.3 Å². The van der Waals surface area contributed by atoms with E-state index in [0.717, 1.165) is 19.3 Å². The number of aromatic nitrogens is 3. The molecule has 2 aromatic heterocycles. The van der Waals surface area contributed by atoms with E-state index >= 15 is 0 Å². The minimum atomic E-state index is -0.443. The van der Waals surface area contributed by atoms with Crippen molar-refractivity contribution in [3.05, 3.63) is 34.5 Å². The van der Waals surface area contributed by atoms with Crippen LogP contribution in [-0.4, -0.2) is 14.7 Å². The fourth-order valence-corrected chi connectivity index (χ4v) is 2.01. The summed E-state index contributed by atoms with van der Waals surface area (Å²) >= 11 is 0. The molecule has 0 radical (unpaired) electrons. The second-order valence-electron chi connectivity index (χ2n) is 4.80. The third-order valence-electron chi connectivity index (χ3n) is 3.47. The van der Waals surface area contributed by atoms with Gasteiger partial charge in [0.15, 0.2) is 5.82 Å². The lowest BCUT2D eigenvalue weighted by Crippen LogP contribution is -2.44. The van der Waals surface area contributed by atoms with Crippen LogP contribution in [0.3, 0.4) is 0 Å². The van der Waals surface area contributed by atoms with E-state index in [1.165, 1.54) is 10.6 Å². The number of pyridine rings is 1. The van der Waals surface area contributed by atoms with Gasteiger partial charge >= 0.3 is 0 Å². The quantitative estimate of drug-likeness (QED) is 0.894. The lowest BCUT2D eigenvalue weighted by atomic mass is 9.77. The van der Waals surface area contributed by atoms with Gasteiger partial charge < -0.3 is 14.8 Å². The first-order valence-corrected chi connectivity index (χ1v) is 5.89. The molecule has 1 aliphatic rings. The summed E-state index contributed by atoms with van der Waals surface area (Å²) in [6, 6.07) is 3.24. The van der Waals surface area contributed by atoms with E-state index in [1.54, 1.807) is 19.3 Å². The van der Waals surface area contributed by atoms with Gasteiger partial charge in [0.05, 0.1) is 5.54 Å². The summed E-state index contributed by atoms with van der Waals surface area (Å²) in [6.45, 7) is 0. The third-order valence-corrected chi connectivity index (χ3v) is 3.47. The van der Waals surface area contributed by atoms with Gasteiger partial charge in [0.1, 0.15) is 0 Å². The Morgan fingerprint density at radius 2 is 2.21 bits per heavy atom. The van der Waals surface area contributed by atoms with Crippen molar-refractivity contribution in [2.45, 2.75) is 24.8 Å². The summed E-state index contributed by atoms with van der Waals surface area (Å²) in [5, 5.41) is 3.92. The smallest absolute Gasteiger partial charge is 0.258 e. The molecule has 1 saturated carbocycles. The van der Waals surface area contributed by atoms with Crippen LogP contribution in [0.5, 0.6) is 0 Å². The average Bonchev–Trinajstić information content (AvgIpc) is 2.79. The topological polar surface area (TPSA) is 86.9 Å². The first kappa shape index (κ1) is 13.8. The molecule has 0 atom stereocenters. The highest BCUT2D eigenvalue weighted by atomic mass is 35.5. The lowest BCUT2D eigenvalue weighted by molar-refractivity contribution is 0.229. The number of hydrogen-bond donors (Lipinski definition) is 1. The maximum atomic E-state index is 11.5. The molecule has 6 nitrogen and oxygen atoms in total. The number of hydrogen-bond acceptors (Lipinski definition) is 5. The molecule has 0 aromatic carbocycles. The zero-order valence-corrected chi connectivity index (χ0v) is 11.3. The van der Waals surface area contributed by atoms with Crippen molar-refractivity contribution >= 4 is 12.4 Å². The zero-order valence-electron chi connectivity index (χ0n) is 10.5. The summed E-state index contributed by atoms with van der Waals surface area (Å²) in [7, 11) is 1.69. The maximum absolute atomic E-state index is 11.5. The molecule has 0 bridgehead atoms. The molecular weight excluding hydrogens is 268 g/mol. The first-order chi connectivity index (χ1) is 8.58. The highest BCUT2D eigenvalue weighted by Gasteiger charge is 2.39. The largest absolute Gasteiger partial charge is 0.334 e.